The van der Waals surface area contributed by atoms with Crippen LogP contribution in [0.2, 0.25) is 0 Å². The topological polar surface area (TPSA) is 43.1 Å². The minimum atomic E-state index is 0.0936. The van der Waals surface area contributed by atoms with Gasteiger partial charge in [0.1, 0.15) is 5.82 Å². The molecular formula is C16H22N4OS. The van der Waals surface area contributed by atoms with Gasteiger partial charge in [0.25, 0.3) is 0 Å². The van der Waals surface area contributed by atoms with E-state index in [9.17, 15) is 4.79 Å². The van der Waals surface area contributed by atoms with Crippen LogP contribution in [0.1, 0.15) is 29.1 Å². The molecule has 4 rings (SSSR count). The molecule has 6 heteroatoms. The SMILES string of the molecule is Cc1ccsc1CN1CCc2nn(CC3CC3)c(=O)n2CC1. The largest absolute Gasteiger partial charge is 0.345 e. The van der Waals surface area contributed by atoms with E-state index in [1.807, 2.05) is 15.9 Å². The van der Waals surface area contributed by atoms with Crippen LogP contribution in [0.4, 0.5) is 0 Å². The summed E-state index contributed by atoms with van der Waals surface area (Å²) in [4.78, 5) is 16.3. The third kappa shape index (κ3) is 2.77. The molecular weight excluding hydrogens is 296 g/mol. The van der Waals surface area contributed by atoms with Crippen LogP contribution in [0.15, 0.2) is 16.2 Å². The molecule has 2 aliphatic rings. The number of thiophene rings is 1. The summed E-state index contributed by atoms with van der Waals surface area (Å²) in [5.41, 5.74) is 1.47. The van der Waals surface area contributed by atoms with Gasteiger partial charge >= 0.3 is 5.69 Å². The molecule has 1 aliphatic heterocycles. The Kier molecular flexibility index (Phi) is 3.66. The van der Waals surface area contributed by atoms with Gasteiger partial charge in [-0.1, -0.05) is 0 Å². The van der Waals surface area contributed by atoms with Crippen LogP contribution in [0, 0.1) is 12.8 Å². The summed E-state index contributed by atoms with van der Waals surface area (Å²) in [6.07, 6.45) is 3.38. The molecule has 1 aliphatic carbocycles. The zero-order valence-electron chi connectivity index (χ0n) is 13.0. The Balaban J connectivity index is 1.47. The molecule has 0 unspecified atom stereocenters. The zero-order chi connectivity index (χ0) is 15.1. The lowest BCUT2D eigenvalue weighted by molar-refractivity contribution is 0.271. The molecule has 1 fully saturated rings. The lowest BCUT2D eigenvalue weighted by Gasteiger charge is -2.19. The van der Waals surface area contributed by atoms with Gasteiger partial charge in [0.05, 0.1) is 0 Å². The summed E-state index contributed by atoms with van der Waals surface area (Å²) < 4.78 is 3.59. The lowest BCUT2D eigenvalue weighted by Crippen LogP contribution is -2.30. The Morgan fingerprint density at radius 1 is 1.32 bits per heavy atom. The summed E-state index contributed by atoms with van der Waals surface area (Å²) in [6.45, 7) is 6.66. The van der Waals surface area contributed by atoms with Crippen molar-refractivity contribution in [2.45, 2.75) is 45.8 Å². The van der Waals surface area contributed by atoms with E-state index in [0.717, 1.165) is 45.0 Å². The highest BCUT2D eigenvalue weighted by molar-refractivity contribution is 7.10. The van der Waals surface area contributed by atoms with Crippen molar-refractivity contribution < 1.29 is 0 Å². The Morgan fingerprint density at radius 2 is 2.18 bits per heavy atom. The molecule has 0 amide bonds. The minimum Gasteiger partial charge on any atom is -0.296 e. The van der Waals surface area contributed by atoms with Crippen LogP contribution in [0.25, 0.3) is 0 Å². The van der Waals surface area contributed by atoms with Crippen LogP contribution < -0.4 is 5.69 Å². The minimum absolute atomic E-state index is 0.0936. The number of aromatic nitrogens is 3. The molecule has 22 heavy (non-hydrogen) atoms. The molecule has 1 saturated carbocycles. The molecule has 0 bridgehead atoms. The quantitative estimate of drug-likeness (QED) is 0.864. The molecule has 0 saturated heterocycles. The smallest absolute Gasteiger partial charge is 0.296 e. The first-order chi connectivity index (χ1) is 10.7. The highest BCUT2D eigenvalue weighted by Gasteiger charge is 2.25. The van der Waals surface area contributed by atoms with E-state index in [-0.39, 0.29) is 5.69 Å². The van der Waals surface area contributed by atoms with Crippen LogP contribution in [0.3, 0.4) is 0 Å². The molecule has 0 radical (unpaired) electrons. The fourth-order valence-corrected chi connectivity index (χ4v) is 4.05. The van der Waals surface area contributed by atoms with Crippen LogP contribution >= 0.6 is 11.3 Å². The van der Waals surface area contributed by atoms with Gasteiger partial charge in [0.2, 0.25) is 0 Å². The molecule has 0 atom stereocenters. The highest BCUT2D eigenvalue weighted by Crippen LogP contribution is 2.29. The van der Waals surface area contributed by atoms with Gasteiger partial charge in [-0.25, -0.2) is 9.48 Å². The molecule has 5 nitrogen and oxygen atoms in total. The monoisotopic (exact) mass is 318 g/mol. The molecule has 2 aromatic rings. The van der Waals surface area contributed by atoms with Crippen molar-refractivity contribution in [1.82, 2.24) is 19.2 Å². The Bertz CT molecular complexity index is 725. The normalized spacial score (nSPS) is 19.1. The maximum Gasteiger partial charge on any atom is 0.345 e. The first kappa shape index (κ1) is 14.2. The number of hydrogen-bond acceptors (Lipinski definition) is 4. The van der Waals surface area contributed by atoms with Crippen molar-refractivity contribution in [2.75, 3.05) is 13.1 Å². The summed E-state index contributed by atoms with van der Waals surface area (Å²) >= 11 is 1.83. The Hall–Kier alpha value is -1.40. The van der Waals surface area contributed by atoms with Crippen molar-refractivity contribution in [3.8, 4) is 0 Å². The number of aryl methyl sites for hydroxylation is 1. The van der Waals surface area contributed by atoms with E-state index in [4.69, 9.17) is 0 Å². The molecule has 118 valence electrons. The lowest BCUT2D eigenvalue weighted by atomic mass is 10.2. The van der Waals surface area contributed by atoms with Gasteiger partial charge < -0.3 is 0 Å². The van der Waals surface area contributed by atoms with Crippen LogP contribution in [-0.2, 0) is 26.1 Å². The van der Waals surface area contributed by atoms with Gasteiger partial charge in [0, 0.05) is 44.0 Å². The molecule has 3 heterocycles. The maximum atomic E-state index is 12.5. The molecule has 2 aromatic heterocycles. The van der Waals surface area contributed by atoms with Gasteiger partial charge in [-0.15, -0.1) is 11.3 Å². The zero-order valence-corrected chi connectivity index (χ0v) is 13.8. The molecule has 0 N–H and O–H groups in total. The number of rotatable bonds is 4. The standard InChI is InChI=1S/C16H22N4OS/c1-12-5-9-22-14(12)11-18-6-4-15-17-20(10-13-2-3-13)16(21)19(15)8-7-18/h5,9,13H,2-4,6-8,10-11H2,1H3. The van der Waals surface area contributed by atoms with Crippen molar-refractivity contribution in [3.05, 3.63) is 38.2 Å². The predicted molar refractivity (Wildman–Crippen MR) is 87.2 cm³/mol. The van der Waals surface area contributed by atoms with E-state index in [1.54, 1.807) is 4.68 Å². The fourth-order valence-electron chi connectivity index (χ4n) is 3.10. The van der Waals surface area contributed by atoms with Crippen molar-refractivity contribution in [3.63, 3.8) is 0 Å². The van der Waals surface area contributed by atoms with E-state index in [0.29, 0.717) is 5.92 Å². The summed E-state index contributed by atoms with van der Waals surface area (Å²) in [5.74, 6) is 1.66. The Labute approximate surface area is 134 Å². The van der Waals surface area contributed by atoms with Crippen LogP contribution in [0.5, 0.6) is 0 Å². The van der Waals surface area contributed by atoms with Crippen molar-refractivity contribution in [1.29, 1.82) is 0 Å². The van der Waals surface area contributed by atoms with Crippen LogP contribution in [-0.4, -0.2) is 32.3 Å². The van der Waals surface area contributed by atoms with Gasteiger partial charge in [-0.3, -0.25) is 9.47 Å². The van der Waals surface area contributed by atoms with E-state index >= 15 is 0 Å². The summed E-state index contributed by atoms with van der Waals surface area (Å²) in [6, 6.07) is 2.18. The van der Waals surface area contributed by atoms with Gasteiger partial charge in [-0.2, -0.15) is 5.10 Å². The maximum absolute atomic E-state index is 12.5. The first-order valence-electron chi connectivity index (χ1n) is 8.12. The van der Waals surface area contributed by atoms with Gasteiger partial charge in [-0.05, 0) is 42.7 Å². The second-order valence-electron chi connectivity index (χ2n) is 6.53. The fraction of sp³-hybridized carbons (Fsp3) is 0.625. The number of nitrogens with zero attached hydrogens (tertiary/aromatic N) is 4. The first-order valence-corrected chi connectivity index (χ1v) is 9.00. The average Bonchev–Trinajstić information content (AvgIpc) is 3.20. The van der Waals surface area contributed by atoms with Crippen molar-refractivity contribution in [2.24, 2.45) is 5.92 Å². The Morgan fingerprint density at radius 3 is 2.91 bits per heavy atom. The third-order valence-corrected chi connectivity index (χ3v) is 5.76. The summed E-state index contributed by atoms with van der Waals surface area (Å²) in [5, 5.41) is 6.74. The molecule has 0 aromatic carbocycles. The van der Waals surface area contributed by atoms with Crippen molar-refractivity contribution >= 4 is 11.3 Å². The third-order valence-electron chi connectivity index (χ3n) is 4.75. The number of hydrogen-bond donors (Lipinski definition) is 0. The van der Waals surface area contributed by atoms with Gasteiger partial charge in [0.15, 0.2) is 0 Å². The van der Waals surface area contributed by atoms with E-state index < -0.39 is 0 Å². The average molecular weight is 318 g/mol. The predicted octanol–water partition coefficient (Wildman–Crippen LogP) is 1.88. The highest BCUT2D eigenvalue weighted by atomic mass is 32.1. The van der Waals surface area contributed by atoms with E-state index in [2.05, 4.69) is 28.4 Å². The second-order valence-corrected chi connectivity index (χ2v) is 7.53. The second kappa shape index (κ2) is 5.66. The summed E-state index contributed by atoms with van der Waals surface area (Å²) in [7, 11) is 0. The van der Waals surface area contributed by atoms with E-state index in [1.165, 1.54) is 23.3 Å². The number of fused-ring (bicyclic) bond motifs is 1. The molecule has 0 spiro atoms.